The molecule has 1 fully saturated rings. The van der Waals surface area contributed by atoms with E-state index in [1.165, 1.54) is 45.2 Å². The van der Waals surface area contributed by atoms with Gasteiger partial charge < -0.3 is 24.8 Å². The number of likely N-dealkylation sites (tertiary alicyclic amines) is 1. The number of hydrogen-bond acceptors (Lipinski definition) is 7. The van der Waals surface area contributed by atoms with Gasteiger partial charge in [0.1, 0.15) is 17.8 Å². The van der Waals surface area contributed by atoms with Crippen LogP contribution in [-0.4, -0.2) is 75.1 Å². The summed E-state index contributed by atoms with van der Waals surface area (Å²) in [6.07, 6.45) is -11.2. The van der Waals surface area contributed by atoms with Gasteiger partial charge in [0, 0.05) is 12.1 Å². The molecule has 1 aliphatic heterocycles. The van der Waals surface area contributed by atoms with Gasteiger partial charge in [0.25, 0.3) is 11.7 Å². The van der Waals surface area contributed by atoms with Crippen LogP contribution in [0.15, 0.2) is 48.5 Å². The van der Waals surface area contributed by atoms with E-state index in [4.69, 9.17) is 4.74 Å². The monoisotopic (exact) mass is 742 g/mol. The first kappa shape index (κ1) is 40.3. The molecule has 2 unspecified atom stereocenters. The van der Waals surface area contributed by atoms with Gasteiger partial charge >= 0.3 is 18.3 Å². The number of carbonyl (C=O) groups is 4. The molecule has 3 amide bonds. The first-order chi connectivity index (χ1) is 23.0. The molecule has 10 nitrogen and oxygen atoms in total. The summed E-state index contributed by atoms with van der Waals surface area (Å²) < 4.78 is 140. The number of ketones is 1. The number of ether oxygens (including phenoxy) is 1. The Morgan fingerprint density at radius 3 is 1.94 bits per heavy atom. The zero-order valence-corrected chi connectivity index (χ0v) is 27.6. The molecule has 0 bridgehead atoms. The van der Waals surface area contributed by atoms with Crippen molar-refractivity contribution in [3.63, 3.8) is 0 Å². The van der Waals surface area contributed by atoms with Crippen molar-refractivity contribution >= 4 is 34.6 Å². The Labute approximate surface area is 283 Å². The Morgan fingerprint density at radius 2 is 1.46 bits per heavy atom. The maximum Gasteiger partial charge on any atom is 0.452 e. The summed E-state index contributed by atoms with van der Waals surface area (Å²) in [5.41, 5.74) is -3.37. The molecule has 1 heterocycles. The smallest absolute Gasteiger partial charge is 0.452 e. The first-order valence-corrected chi connectivity index (χ1v) is 16.0. The third-order valence-electron chi connectivity index (χ3n) is 8.10. The maximum absolute atomic E-state index is 15.1. The molecule has 2 N–H and O–H groups in total. The molecular weight excluding hydrogens is 710 g/mol. The van der Waals surface area contributed by atoms with Crippen LogP contribution in [0.1, 0.15) is 49.1 Å². The predicted molar refractivity (Wildman–Crippen MR) is 159 cm³/mol. The van der Waals surface area contributed by atoms with Crippen LogP contribution in [-0.2, 0) is 42.4 Å². The first-order valence-electron chi connectivity index (χ1n) is 14.8. The van der Waals surface area contributed by atoms with Crippen molar-refractivity contribution in [3.8, 4) is 5.75 Å². The van der Waals surface area contributed by atoms with Crippen molar-refractivity contribution in [1.29, 1.82) is 0 Å². The number of rotatable bonds is 12. The van der Waals surface area contributed by atoms with E-state index >= 15 is 8.78 Å². The molecule has 50 heavy (non-hydrogen) atoms. The molecule has 2 aromatic carbocycles. The van der Waals surface area contributed by atoms with Gasteiger partial charge in [-0.25, -0.2) is 0 Å². The van der Waals surface area contributed by atoms with Crippen LogP contribution in [0.3, 0.4) is 0 Å². The Kier molecular flexibility index (Phi) is 12.4. The molecule has 6 atom stereocenters. The fourth-order valence-electron chi connectivity index (χ4n) is 5.60. The lowest BCUT2D eigenvalue weighted by molar-refractivity contribution is -0.175. The third kappa shape index (κ3) is 8.96. The average Bonchev–Trinajstić information content (AvgIpc) is 3.46. The topological polar surface area (TPSA) is 145 Å². The Hall–Kier alpha value is -4.13. The largest absolute Gasteiger partial charge is 0.772 e. The minimum Gasteiger partial charge on any atom is -0.772 e. The number of amides is 3. The van der Waals surface area contributed by atoms with Crippen molar-refractivity contribution in [1.82, 2.24) is 15.5 Å². The molecule has 1 aliphatic rings. The highest BCUT2D eigenvalue weighted by Crippen LogP contribution is 2.41. The van der Waals surface area contributed by atoms with Crippen LogP contribution in [0.25, 0.3) is 0 Å². The Balaban J connectivity index is 1.98. The van der Waals surface area contributed by atoms with Gasteiger partial charge in [-0.2, -0.15) is 35.1 Å². The molecule has 0 aromatic heterocycles. The third-order valence-corrected chi connectivity index (χ3v) is 9.17. The molecule has 0 spiro atoms. The molecule has 1 saturated heterocycles. The van der Waals surface area contributed by atoms with E-state index in [-0.39, 0.29) is 5.56 Å². The van der Waals surface area contributed by atoms with Crippen molar-refractivity contribution in [2.24, 2.45) is 11.8 Å². The van der Waals surface area contributed by atoms with E-state index in [0.29, 0.717) is 22.8 Å². The van der Waals surface area contributed by atoms with Crippen LogP contribution in [0.4, 0.5) is 35.1 Å². The van der Waals surface area contributed by atoms with Gasteiger partial charge in [0.15, 0.2) is 0 Å². The maximum atomic E-state index is 15.1. The second-order valence-electron chi connectivity index (χ2n) is 11.9. The minimum atomic E-state index is -5.37. The van der Waals surface area contributed by atoms with Crippen molar-refractivity contribution < 1.29 is 67.8 Å². The SMILES string of the molecule is COc1ccc(C([C@@H]2C[C@@H](C(=O)N[C@H](C(=O)C(F)(F)F)C(C)C)N(C(=O)[C@H](C)NC(=O)C(F)(F)c3ccccc3C(F)(F)F)C2)S(=O)[O-])cc1. The summed E-state index contributed by atoms with van der Waals surface area (Å²) in [6, 6.07) is 2.06. The van der Waals surface area contributed by atoms with Crippen LogP contribution >= 0.6 is 0 Å². The summed E-state index contributed by atoms with van der Waals surface area (Å²) >= 11 is -2.93. The van der Waals surface area contributed by atoms with E-state index in [2.05, 4.69) is 0 Å². The van der Waals surface area contributed by atoms with Gasteiger partial charge in [-0.1, -0.05) is 44.2 Å². The van der Waals surface area contributed by atoms with Crippen molar-refractivity contribution in [2.45, 2.75) is 68.8 Å². The number of Topliss-reactive ketones (excluding diaryl/α,β-unsaturated/α-hetero) is 1. The van der Waals surface area contributed by atoms with E-state index in [1.54, 1.807) is 5.32 Å². The van der Waals surface area contributed by atoms with E-state index in [1.807, 2.05) is 5.32 Å². The van der Waals surface area contributed by atoms with Crippen LogP contribution < -0.4 is 15.4 Å². The Morgan fingerprint density at radius 1 is 0.900 bits per heavy atom. The molecule has 0 saturated carbocycles. The fraction of sp³-hybridized carbons (Fsp3) is 0.484. The van der Waals surface area contributed by atoms with E-state index < -0.39 is 112 Å². The lowest BCUT2D eigenvalue weighted by atomic mass is 9.95. The molecule has 0 radical (unpaired) electrons. The summed E-state index contributed by atoms with van der Waals surface area (Å²) in [5.74, 6) is -14.0. The minimum absolute atomic E-state index is 0.161. The van der Waals surface area contributed by atoms with Crippen LogP contribution in [0.2, 0.25) is 0 Å². The predicted octanol–water partition coefficient (Wildman–Crippen LogP) is 4.42. The standard InChI is InChI=1S/C31H33F8N3O7S/c1-15(2)23(25(43)31(37,38)39)41-26(44)22-13-18(24(50(47)48)17-9-11-19(49-4)12-10-17)14-42(22)27(45)16(3)40-28(46)29(32,33)20-7-5-6-8-21(20)30(34,35)36/h5-12,15-16,18,22-24H,13-14H2,1-4H3,(H,40,46)(H,41,44)(H,47,48)/p-1/t16-,18+,22-,23-,24?/m0/s1. The fourth-order valence-corrected chi connectivity index (χ4v) is 6.49. The summed E-state index contributed by atoms with van der Waals surface area (Å²) in [4.78, 5) is 52.5. The number of hydrogen-bond donors (Lipinski definition) is 2. The highest BCUT2D eigenvalue weighted by atomic mass is 32.2. The lowest BCUT2D eigenvalue weighted by Gasteiger charge is -2.30. The van der Waals surface area contributed by atoms with Crippen LogP contribution in [0, 0.1) is 11.8 Å². The van der Waals surface area contributed by atoms with E-state index in [0.717, 1.165) is 19.1 Å². The number of nitrogens with one attached hydrogen (secondary N) is 2. The quantitative estimate of drug-likeness (QED) is 0.242. The number of carbonyl (C=O) groups excluding carboxylic acids is 4. The summed E-state index contributed by atoms with van der Waals surface area (Å²) in [7, 11) is 1.35. The number of halogens is 8. The van der Waals surface area contributed by atoms with E-state index in [9.17, 15) is 54.3 Å². The van der Waals surface area contributed by atoms with Gasteiger partial charge in [-0.15, -0.1) is 0 Å². The summed E-state index contributed by atoms with van der Waals surface area (Å²) in [5, 5.41) is 2.15. The second-order valence-corrected chi connectivity index (χ2v) is 12.9. The number of benzene rings is 2. The van der Waals surface area contributed by atoms with Crippen molar-refractivity contribution in [2.75, 3.05) is 13.7 Å². The van der Waals surface area contributed by atoms with Gasteiger partial charge in [0.05, 0.1) is 24.0 Å². The van der Waals surface area contributed by atoms with Gasteiger partial charge in [-0.05, 0) is 60.0 Å². The van der Waals surface area contributed by atoms with Gasteiger partial charge in [-0.3, -0.25) is 23.4 Å². The normalized spacial score (nSPS) is 19.4. The van der Waals surface area contributed by atoms with Crippen LogP contribution in [0.5, 0.6) is 5.75 Å². The molecule has 0 aliphatic carbocycles. The highest BCUT2D eigenvalue weighted by Gasteiger charge is 2.51. The van der Waals surface area contributed by atoms with Gasteiger partial charge in [0.2, 0.25) is 11.8 Å². The number of methoxy groups -OCH3 is 1. The lowest BCUT2D eigenvalue weighted by Crippen LogP contribution is -2.57. The number of nitrogens with zero attached hydrogens (tertiary/aromatic N) is 1. The Bertz CT molecular complexity index is 1600. The molecule has 276 valence electrons. The zero-order chi connectivity index (χ0) is 37.9. The highest BCUT2D eigenvalue weighted by molar-refractivity contribution is 7.79. The van der Waals surface area contributed by atoms with Crippen molar-refractivity contribution in [3.05, 3.63) is 65.2 Å². The zero-order valence-electron chi connectivity index (χ0n) is 26.7. The summed E-state index contributed by atoms with van der Waals surface area (Å²) in [6.45, 7) is 2.66. The molecule has 19 heteroatoms. The molecule has 2 aromatic rings. The average molecular weight is 743 g/mol. The molecular formula is C31H32F8N3O7S-. The molecule has 3 rings (SSSR count). The number of alkyl halides is 8. The second kappa shape index (κ2) is 15.4.